The lowest BCUT2D eigenvalue weighted by molar-refractivity contribution is -0.0453. The normalized spacial score (nSPS) is 22.6. The SMILES string of the molecule is CN=C(NCc1ccc(OC)cc1OC)NCC1CN2CCCC2CO1.I. The molecular weight excluding hydrogens is 459 g/mol. The highest BCUT2D eigenvalue weighted by molar-refractivity contribution is 14.0. The first-order valence-electron chi connectivity index (χ1n) is 9.24. The number of aliphatic imine (C=N–C) groups is 1. The van der Waals surface area contributed by atoms with Gasteiger partial charge < -0.3 is 24.8 Å². The highest BCUT2D eigenvalue weighted by atomic mass is 127. The van der Waals surface area contributed by atoms with Gasteiger partial charge in [-0.05, 0) is 31.5 Å². The van der Waals surface area contributed by atoms with Gasteiger partial charge in [-0.1, -0.05) is 0 Å². The molecule has 0 amide bonds. The zero-order valence-electron chi connectivity index (χ0n) is 16.4. The second-order valence-corrected chi connectivity index (χ2v) is 6.73. The Morgan fingerprint density at radius 3 is 2.89 bits per heavy atom. The Labute approximate surface area is 178 Å². The van der Waals surface area contributed by atoms with E-state index in [1.165, 1.54) is 19.4 Å². The standard InChI is InChI=1S/C19H30N4O3.HI/c1-20-19(21-10-14-6-7-16(24-2)9-18(14)25-3)22-11-17-12-23-8-4-5-15(23)13-26-17;/h6-7,9,15,17H,4-5,8,10-13H2,1-3H3,(H2,20,21,22);1H. The summed E-state index contributed by atoms with van der Waals surface area (Å²) in [6.07, 6.45) is 2.77. The second kappa shape index (κ2) is 10.9. The van der Waals surface area contributed by atoms with Gasteiger partial charge in [0.2, 0.25) is 0 Å². The number of nitrogens with one attached hydrogen (secondary N) is 2. The summed E-state index contributed by atoms with van der Waals surface area (Å²) < 4.78 is 16.7. The maximum atomic E-state index is 5.99. The van der Waals surface area contributed by atoms with E-state index < -0.39 is 0 Å². The third-order valence-corrected chi connectivity index (χ3v) is 5.12. The van der Waals surface area contributed by atoms with E-state index in [-0.39, 0.29) is 30.1 Å². The van der Waals surface area contributed by atoms with E-state index in [2.05, 4.69) is 20.5 Å². The van der Waals surface area contributed by atoms with Crippen molar-refractivity contribution in [2.75, 3.05) is 47.5 Å². The number of methoxy groups -OCH3 is 2. The summed E-state index contributed by atoms with van der Waals surface area (Å²) in [5.74, 6) is 2.33. The van der Waals surface area contributed by atoms with Crippen LogP contribution in [0.1, 0.15) is 18.4 Å². The fraction of sp³-hybridized carbons (Fsp3) is 0.632. The van der Waals surface area contributed by atoms with E-state index in [0.717, 1.165) is 42.7 Å². The summed E-state index contributed by atoms with van der Waals surface area (Å²) >= 11 is 0. The molecule has 2 fully saturated rings. The Morgan fingerprint density at radius 1 is 1.30 bits per heavy atom. The molecule has 2 aliphatic heterocycles. The van der Waals surface area contributed by atoms with E-state index in [9.17, 15) is 0 Å². The summed E-state index contributed by atoms with van der Waals surface area (Å²) in [5.41, 5.74) is 1.05. The molecule has 2 unspecified atom stereocenters. The molecule has 2 aliphatic rings. The van der Waals surface area contributed by atoms with Gasteiger partial charge in [0.25, 0.3) is 0 Å². The minimum absolute atomic E-state index is 0. The lowest BCUT2D eigenvalue weighted by atomic mass is 10.2. The van der Waals surface area contributed by atoms with Crippen LogP contribution in [0.2, 0.25) is 0 Å². The summed E-state index contributed by atoms with van der Waals surface area (Å²) in [6.45, 7) is 4.42. The fourth-order valence-electron chi connectivity index (χ4n) is 3.62. The van der Waals surface area contributed by atoms with Crippen LogP contribution in [0.25, 0.3) is 0 Å². The van der Waals surface area contributed by atoms with Crippen LogP contribution in [0.4, 0.5) is 0 Å². The molecule has 27 heavy (non-hydrogen) atoms. The topological polar surface area (TPSA) is 67.4 Å². The van der Waals surface area contributed by atoms with E-state index >= 15 is 0 Å². The summed E-state index contributed by atoms with van der Waals surface area (Å²) in [4.78, 5) is 6.85. The molecule has 0 bridgehead atoms. The molecule has 0 saturated carbocycles. The van der Waals surface area contributed by atoms with Gasteiger partial charge in [0.1, 0.15) is 11.5 Å². The molecule has 2 N–H and O–H groups in total. The smallest absolute Gasteiger partial charge is 0.191 e. The molecule has 0 aromatic heterocycles. The van der Waals surface area contributed by atoms with Crippen LogP contribution in [-0.4, -0.2) is 70.5 Å². The predicted octanol–water partition coefficient (Wildman–Crippen LogP) is 1.85. The number of hydrogen-bond donors (Lipinski definition) is 2. The average molecular weight is 490 g/mol. The molecule has 2 saturated heterocycles. The van der Waals surface area contributed by atoms with Crippen LogP contribution in [0, 0.1) is 0 Å². The molecule has 0 radical (unpaired) electrons. The Hall–Kier alpha value is -1.26. The first kappa shape index (κ1) is 22.0. The van der Waals surface area contributed by atoms with Crippen molar-refractivity contribution in [3.8, 4) is 11.5 Å². The number of rotatable bonds is 6. The minimum Gasteiger partial charge on any atom is -0.497 e. The maximum absolute atomic E-state index is 5.99. The van der Waals surface area contributed by atoms with Crippen molar-refractivity contribution in [3.63, 3.8) is 0 Å². The third-order valence-electron chi connectivity index (χ3n) is 5.12. The number of ether oxygens (including phenoxy) is 3. The van der Waals surface area contributed by atoms with Crippen LogP contribution < -0.4 is 20.1 Å². The number of hydrogen-bond acceptors (Lipinski definition) is 5. The summed E-state index contributed by atoms with van der Waals surface area (Å²) in [7, 11) is 5.09. The highest BCUT2D eigenvalue weighted by Gasteiger charge is 2.32. The van der Waals surface area contributed by atoms with Gasteiger partial charge >= 0.3 is 0 Å². The van der Waals surface area contributed by atoms with Crippen molar-refractivity contribution in [1.29, 1.82) is 0 Å². The van der Waals surface area contributed by atoms with Crippen LogP contribution >= 0.6 is 24.0 Å². The Kier molecular flexibility index (Phi) is 8.91. The molecule has 2 heterocycles. The van der Waals surface area contributed by atoms with Crippen molar-refractivity contribution in [1.82, 2.24) is 15.5 Å². The lowest BCUT2D eigenvalue weighted by Gasteiger charge is -2.35. The molecule has 152 valence electrons. The van der Waals surface area contributed by atoms with E-state index in [4.69, 9.17) is 14.2 Å². The molecule has 0 spiro atoms. The highest BCUT2D eigenvalue weighted by Crippen LogP contribution is 2.24. The number of benzene rings is 1. The zero-order valence-corrected chi connectivity index (χ0v) is 18.7. The van der Waals surface area contributed by atoms with Crippen molar-refractivity contribution in [2.45, 2.75) is 31.5 Å². The fourth-order valence-corrected chi connectivity index (χ4v) is 3.62. The molecule has 1 aromatic rings. The molecule has 7 nitrogen and oxygen atoms in total. The Bertz CT molecular complexity index is 629. The van der Waals surface area contributed by atoms with E-state index in [0.29, 0.717) is 12.6 Å². The number of morpholine rings is 1. The summed E-state index contributed by atoms with van der Waals surface area (Å²) in [6, 6.07) is 6.44. The zero-order chi connectivity index (χ0) is 18.4. The largest absolute Gasteiger partial charge is 0.497 e. The van der Waals surface area contributed by atoms with E-state index in [1.54, 1.807) is 21.3 Å². The number of nitrogens with zero attached hydrogens (tertiary/aromatic N) is 2. The van der Waals surface area contributed by atoms with Crippen molar-refractivity contribution >= 4 is 29.9 Å². The van der Waals surface area contributed by atoms with Gasteiger partial charge in [0.05, 0.1) is 26.9 Å². The molecule has 8 heteroatoms. The van der Waals surface area contributed by atoms with Gasteiger partial charge in [0, 0.05) is 44.4 Å². The predicted molar refractivity (Wildman–Crippen MR) is 117 cm³/mol. The first-order valence-corrected chi connectivity index (χ1v) is 9.24. The average Bonchev–Trinajstić information content (AvgIpc) is 3.15. The Morgan fingerprint density at radius 2 is 2.15 bits per heavy atom. The number of guanidine groups is 1. The van der Waals surface area contributed by atoms with Crippen LogP contribution in [-0.2, 0) is 11.3 Å². The minimum atomic E-state index is 0. The van der Waals surface area contributed by atoms with Crippen molar-refractivity contribution in [2.24, 2.45) is 4.99 Å². The second-order valence-electron chi connectivity index (χ2n) is 6.73. The van der Waals surface area contributed by atoms with Crippen LogP contribution in [0.3, 0.4) is 0 Å². The van der Waals surface area contributed by atoms with Gasteiger partial charge in [-0.15, -0.1) is 24.0 Å². The third kappa shape index (κ3) is 5.86. The molecule has 3 rings (SSSR count). The maximum Gasteiger partial charge on any atom is 0.191 e. The van der Waals surface area contributed by atoms with Gasteiger partial charge in [-0.2, -0.15) is 0 Å². The molecular formula is C19H31IN4O3. The number of fused-ring (bicyclic) bond motifs is 1. The Balaban J connectivity index is 0.00000261. The molecule has 1 aromatic carbocycles. The van der Waals surface area contributed by atoms with Crippen molar-refractivity contribution < 1.29 is 14.2 Å². The lowest BCUT2D eigenvalue weighted by Crippen LogP contribution is -2.51. The van der Waals surface area contributed by atoms with Gasteiger partial charge in [-0.25, -0.2) is 0 Å². The number of halogens is 1. The molecule has 0 aliphatic carbocycles. The molecule has 2 atom stereocenters. The van der Waals surface area contributed by atoms with Crippen LogP contribution in [0.5, 0.6) is 11.5 Å². The summed E-state index contributed by atoms with van der Waals surface area (Å²) in [5, 5.41) is 6.70. The van der Waals surface area contributed by atoms with E-state index in [1.807, 2.05) is 18.2 Å². The first-order chi connectivity index (χ1) is 12.7. The monoisotopic (exact) mass is 490 g/mol. The quantitative estimate of drug-likeness (QED) is 0.361. The van der Waals surface area contributed by atoms with Crippen molar-refractivity contribution in [3.05, 3.63) is 23.8 Å². The van der Waals surface area contributed by atoms with Crippen LogP contribution in [0.15, 0.2) is 23.2 Å². The van der Waals surface area contributed by atoms with Gasteiger partial charge in [0.15, 0.2) is 5.96 Å². The van der Waals surface area contributed by atoms with Gasteiger partial charge in [-0.3, -0.25) is 9.89 Å².